The topological polar surface area (TPSA) is 147 Å². The van der Waals surface area contributed by atoms with Gasteiger partial charge in [-0.3, -0.25) is 19.4 Å². The van der Waals surface area contributed by atoms with Gasteiger partial charge in [-0.2, -0.15) is 5.10 Å². The molecule has 0 bridgehead atoms. The molecule has 3 aromatic heterocycles. The van der Waals surface area contributed by atoms with Crippen molar-refractivity contribution in [2.24, 2.45) is 5.41 Å². The van der Waals surface area contributed by atoms with Gasteiger partial charge in [0.05, 0.1) is 30.9 Å². The molecule has 2 atom stereocenters. The van der Waals surface area contributed by atoms with Gasteiger partial charge in [0.25, 0.3) is 10.0 Å². The maximum absolute atomic E-state index is 13.5. The lowest BCUT2D eigenvalue weighted by Gasteiger charge is -2.42. The van der Waals surface area contributed by atoms with E-state index in [-0.39, 0.29) is 18.0 Å². The molecule has 0 aliphatic carbocycles. The van der Waals surface area contributed by atoms with Gasteiger partial charge in [0.2, 0.25) is 0 Å². The zero-order valence-electron chi connectivity index (χ0n) is 22.7. The Balaban J connectivity index is 1.89. The quantitative estimate of drug-likeness (QED) is 0.323. The van der Waals surface area contributed by atoms with Gasteiger partial charge in [0.15, 0.2) is 10.8 Å². The maximum Gasteiger partial charge on any atom is 0.408 e. The standard InChI is InChI=1S/C27H36N6O5S/c1-5-6-11-22(23(34)18-30-39(37,38)25-12-7-8-15-29-25)33(26(35)36)24(27(2,3)4)19-32-16-13-21(31-32)20-10-9-14-28-17-20/h7-10,12-17,22,24,30H,5-6,11,18-19H2,1-4H3,(H,35,36)/t22-,24?/m0/s1. The molecule has 1 amide bonds. The Bertz CT molecular complexity index is 1340. The number of carbonyl (C=O) groups is 2. The highest BCUT2D eigenvalue weighted by molar-refractivity contribution is 7.89. The summed E-state index contributed by atoms with van der Waals surface area (Å²) in [5.41, 5.74) is 0.951. The van der Waals surface area contributed by atoms with E-state index < -0.39 is 45.9 Å². The molecule has 1 unspecified atom stereocenters. The Morgan fingerprint density at radius 2 is 1.90 bits per heavy atom. The van der Waals surface area contributed by atoms with Crippen molar-refractivity contribution >= 4 is 21.9 Å². The van der Waals surface area contributed by atoms with Crippen LogP contribution in [0.5, 0.6) is 0 Å². The number of ketones is 1. The molecule has 3 rings (SSSR count). The van der Waals surface area contributed by atoms with Crippen LogP contribution in [0.25, 0.3) is 11.3 Å². The van der Waals surface area contributed by atoms with Gasteiger partial charge >= 0.3 is 6.09 Å². The van der Waals surface area contributed by atoms with Crippen molar-refractivity contribution in [1.29, 1.82) is 0 Å². The number of nitrogens with zero attached hydrogens (tertiary/aromatic N) is 5. The summed E-state index contributed by atoms with van der Waals surface area (Å²) in [6.45, 7) is 7.31. The fourth-order valence-corrected chi connectivity index (χ4v) is 5.23. The fourth-order valence-electron chi connectivity index (χ4n) is 4.29. The zero-order valence-corrected chi connectivity index (χ0v) is 23.5. The van der Waals surface area contributed by atoms with Gasteiger partial charge in [-0.05, 0) is 42.2 Å². The van der Waals surface area contributed by atoms with Crippen molar-refractivity contribution in [3.63, 3.8) is 0 Å². The minimum Gasteiger partial charge on any atom is -0.465 e. The van der Waals surface area contributed by atoms with Crippen molar-refractivity contribution in [2.45, 2.75) is 70.6 Å². The van der Waals surface area contributed by atoms with Crippen molar-refractivity contribution in [1.82, 2.24) is 29.4 Å². The number of aromatic nitrogens is 4. The lowest BCUT2D eigenvalue weighted by atomic mass is 9.84. The van der Waals surface area contributed by atoms with Crippen molar-refractivity contribution in [2.75, 3.05) is 6.54 Å². The molecule has 2 N–H and O–H groups in total. The molecule has 3 heterocycles. The number of pyridine rings is 2. The molecule has 0 aliphatic rings. The number of hydrogen-bond acceptors (Lipinski definition) is 7. The average Bonchev–Trinajstić information content (AvgIpc) is 3.38. The van der Waals surface area contributed by atoms with Gasteiger partial charge in [0, 0.05) is 30.4 Å². The number of carbonyl (C=O) groups excluding carboxylic acids is 1. The monoisotopic (exact) mass is 556 g/mol. The summed E-state index contributed by atoms with van der Waals surface area (Å²) in [6, 6.07) is 8.27. The van der Waals surface area contributed by atoms with Gasteiger partial charge in [-0.15, -0.1) is 0 Å². The van der Waals surface area contributed by atoms with Crippen LogP contribution in [0.3, 0.4) is 0 Å². The highest BCUT2D eigenvalue weighted by Crippen LogP contribution is 2.30. The first kappa shape index (κ1) is 29.9. The van der Waals surface area contributed by atoms with Crippen LogP contribution in [0.4, 0.5) is 4.79 Å². The Kier molecular flexibility index (Phi) is 9.92. The summed E-state index contributed by atoms with van der Waals surface area (Å²) in [7, 11) is -4.04. The Morgan fingerprint density at radius 1 is 1.13 bits per heavy atom. The highest BCUT2D eigenvalue weighted by atomic mass is 32.2. The molecule has 39 heavy (non-hydrogen) atoms. The normalized spacial score (nSPS) is 13.5. The first-order chi connectivity index (χ1) is 18.4. The highest BCUT2D eigenvalue weighted by Gasteiger charge is 2.41. The van der Waals surface area contributed by atoms with E-state index in [1.54, 1.807) is 29.3 Å². The number of nitrogens with one attached hydrogen (secondary N) is 1. The third-order valence-electron chi connectivity index (χ3n) is 6.40. The van der Waals surface area contributed by atoms with Gasteiger partial charge in [0.1, 0.15) is 0 Å². The lowest BCUT2D eigenvalue weighted by molar-refractivity contribution is -0.124. The lowest BCUT2D eigenvalue weighted by Crippen LogP contribution is -2.57. The number of Topliss-reactive ketones (excluding diaryl/α,β-unsaturated/α-hetero) is 1. The first-order valence-corrected chi connectivity index (χ1v) is 14.3. The van der Waals surface area contributed by atoms with E-state index in [1.165, 1.54) is 23.2 Å². The molecular formula is C27H36N6O5S. The number of unbranched alkanes of at least 4 members (excludes halogenated alkanes) is 1. The van der Waals surface area contributed by atoms with Gasteiger partial charge < -0.3 is 5.11 Å². The SMILES string of the molecule is CCCC[C@@H](C(=O)CNS(=O)(=O)c1ccccn1)N(C(=O)O)C(Cn1ccc(-c2cccnc2)n1)C(C)(C)C. The van der Waals surface area contributed by atoms with Crippen molar-refractivity contribution in [3.8, 4) is 11.3 Å². The largest absolute Gasteiger partial charge is 0.465 e. The van der Waals surface area contributed by atoms with Crippen LogP contribution in [0, 0.1) is 5.41 Å². The molecule has 0 aliphatic heterocycles. The third kappa shape index (κ3) is 7.93. The van der Waals surface area contributed by atoms with E-state index in [4.69, 9.17) is 0 Å². The van der Waals surface area contributed by atoms with E-state index in [9.17, 15) is 23.1 Å². The second-order valence-electron chi connectivity index (χ2n) is 10.4. The van der Waals surface area contributed by atoms with E-state index >= 15 is 0 Å². The number of amides is 1. The summed E-state index contributed by atoms with van der Waals surface area (Å²) in [6.07, 6.45) is 6.83. The van der Waals surface area contributed by atoms with Crippen LogP contribution in [-0.2, 0) is 21.4 Å². The molecule has 0 saturated heterocycles. The van der Waals surface area contributed by atoms with E-state index in [1.807, 2.05) is 45.9 Å². The minimum atomic E-state index is -4.04. The van der Waals surface area contributed by atoms with Crippen LogP contribution >= 0.6 is 0 Å². The summed E-state index contributed by atoms with van der Waals surface area (Å²) >= 11 is 0. The smallest absolute Gasteiger partial charge is 0.408 e. The summed E-state index contributed by atoms with van der Waals surface area (Å²) in [5, 5.41) is 14.8. The van der Waals surface area contributed by atoms with Crippen LogP contribution < -0.4 is 4.72 Å². The zero-order chi connectivity index (χ0) is 28.6. The second-order valence-corrected chi connectivity index (χ2v) is 12.1. The molecule has 0 aromatic carbocycles. The Labute approximate surface area is 229 Å². The molecule has 0 saturated carbocycles. The molecule has 0 spiro atoms. The number of hydrogen-bond donors (Lipinski definition) is 2. The number of carboxylic acid groups (broad SMARTS) is 1. The molecule has 0 fully saturated rings. The Morgan fingerprint density at radius 3 is 2.49 bits per heavy atom. The first-order valence-electron chi connectivity index (χ1n) is 12.8. The third-order valence-corrected chi connectivity index (χ3v) is 7.72. The maximum atomic E-state index is 13.5. The number of rotatable bonds is 13. The fraction of sp³-hybridized carbons (Fsp3) is 0.444. The number of sulfonamides is 1. The molecule has 12 heteroatoms. The molecule has 0 radical (unpaired) electrons. The Hall–Kier alpha value is -3.64. The molecular weight excluding hydrogens is 520 g/mol. The van der Waals surface area contributed by atoms with Crippen LogP contribution in [0.2, 0.25) is 0 Å². The summed E-state index contributed by atoms with van der Waals surface area (Å²) in [5.74, 6) is -0.531. The van der Waals surface area contributed by atoms with Crippen LogP contribution in [0.1, 0.15) is 47.0 Å². The van der Waals surface area contributed by atoms with Gasteiger partial charge in [-0.1, -0.05) is 46.6 Å². The second kappa shape index (κ2) is 12.9. The van der Waals surface area contributed by atoms with Crippen molar-refractivity contribution < 1.29 is 23.1 Å². The van der Waals surface area contributed by atoms with Gasteiger partial charge in [-0.25, -0.2) is 22.9 Å². The predicted molar refractivity (Wildman–Crippen MR) is 146 cm³/mol. The van der Waals surface area contributed by atoms with Crippen LogP contribution in [-0.4, -0.2) is 68.7 Å². The summed E-state index contributed by atoms with van der Waals surface area (Å²) < 4.78 is 29.3. The minimum absolute atomic E-state index is 0.200. The molecule has 210 valence electrons. The predicted octanol–water partition coefficient (Wildman–Crippen LogP) is 3.84. The molecule has 3 aromatic rings. The average molecular weight is 557 g/mol. The summed E-state index contributed by atoms with van der Waals surface area (Å²) in [4.78, 5) is 35.3. The van der Waals surface area contributed by atoms with E-state index in [0.29, 0.717) is 12.1 Å². The van der Waals surface area contributed by atoms with E-state index in [0.717, 1.165) is 12.0 Å². The van der Waals surface area contributed by atoms with Crippen LogP contribution in [0.15, 0.2) is 66.2 Å². The van der Waals surface area contributed by atoms with E-state index in [2.05, 4.69) is 19.8 Å². The van der Waals surface area contributed by atoms with Crippen molar-refractivity contribution in [3.05, 3.63) is 61.2 Å². The molecule has 11 nitrogen and oxygen atoms in total.